The second-order valence-electron chi connectivity index (χ2n) is 6.29. The number of hydrogen-bond acceptors (Lipinski definition) is 1. The van der Waals surface area contributed by atoms with Gasteiger partial charge in [0.05, 0.1) is 0 Å². The molecule has 2 N–H and O–H groups in total. The third kappa shape index (κ3) is 6.22. The Labute approximate surface area is 132 Å². The molecule has 0 bridgehead atoms. The summed E-state index contributed by atoms with van der Waals surface area (Å²) in [6.07, 6.45) is 12.6. The highest BCUT2D eigenvalue weighted by molar-refractivity contribution is 5.37. The molecule has 0 aliphatic rings. The van der Waals surface area contributed by atoms with Crippen LogP contribution in [0.5, 0.6) is 0 Å². The first-order valence-electron chi connectivity index (χ1n) is 9.10. The number of benzene rings is 1. The van der Waals surface area contributed by atoms with E-state index in [1.807, 2.05) is 0 Å². The van der Waals surface area contributed by atoms with Crippen LogP contribution in [-0.4, -0.2) is 0 Å². The number of aryl methyl sites for hydroxylation is 1. The summed E-state index contributed by atoms with van der Waals surface area (Å²) < 4.78 is 0. The molecule has 0 aliphatic carbocycles. The molecule has 0 radical (unpaired) electrons. The van der Waals surface area contributed by atoms with Crippen molar-refractivity contribution in [3.8, 4) is 0 Å². The molecule has 1 rings (SSSR count). The van der Waals surface area contributed by atoms with E-state index in [0.717, 1.165) is 6.42 Å². The molecule has 0 aliphatic heterocycles. The molecule has 0 fully saturated rings. The van der Waals surface area contributed by atoms with Crippen molar-refractivity contribution in [1.82, 2.24) is 0 Å². The van der Waals surface area contributed by atoms with Crippen molar-refractivity contribution < 1.29 is 0 Å². The molecule has 0 saturated heterocycles. The smallest absolute Gasteiger partial charge is 0.0297 e. The van der Waals surface area contributed by atoms with Crippen molar-refractivity contribution in [3.05, 3.63) is 34.9 Å². The van der Waals surface area contributed by atoms with Gasteiger partial charge in [0.15, 0.2) is 0 Å². The third-order valence-electron chi connectivity index (χ3n) is 4.35. The second-order valence-corrected chi connectivity index (χ2v) is 6.29. The van der Waals surface area contributed by atoms with Crippen LogP contribution in [0, 0.1) is 0 Å². The third-order valence-corrected chi connectivity index (χ3v) is 4.35. The van der Waals surface area contributed by atoms with Crippen LogP contribution in [0.2, 0.25) is 0 Å². The van der Waals surface area contributed by atoms with Crippen molar-refractivity contribution >= 4 is 0 Å². The fourth-order valence-corrected chi connectivity index (χ4v) is 3.18. The summed E-state index contributed by atoms with van der Waals surface area (Å²) in [5, 5.41) is 0. The van der Waals surface area contributed by atoms with E-state index < -0.39 is 0 Å². The highest BCUT2D eigenvalue weighted by Gasteiger charge is 2.13. The largest absolute Gasteiger partial charge is 0.324 e. The monoisotopic (exact) mass is 289 g/mol. The summed E-state index contributed by atoms with van der Waals surface area (Å²) in [5.41, 5.74) is 11.0. The highest BCUT2D eigenvalue weighted by Crippen LogP contribution is 2.26. The van der Waals surface area contributed by atoms with E-state index in [4.69, 9.17) is 5.73 Å². The Hall–Kier alpha value is -0.820. The fourth-order valence-electron chi connectivity index (χ4n) is 3.18. The standard InChI is InChI=1S/C20H35N/c1-4-7-8-9-10-16-20(21)19-15-11-14-17(12-5-2)18(19)13-6-3/h11,14-15,20H,4-10,12-13,16,21H2,1-3H3. The molecule has 1 aromatic rings. The zero-order valence-corrected chi connectivity index (χ0v) is 14.5. The second kappa shape index (κ2) is 10.8. The van der Waals surface area contributed by atoms with Gasteiger partial charge in [-0.05, 0) is 36.0 Å². The quantitative estimate of drug-likeness (QED) is 0.500. The zero-order chi connectivity index (χ0) is 15.5. The van der Waals surface area contributed by atoms with E-state index in [1.165, 1.54) is 68.9 Å². The Morgan fingerprint density at radius 1 is 0.857 bits per heavy atom. The van der Waals surface area contributed by atoms with Gasteiger partial charge in [0, 0.05) is 6.04 Å². The fraction of sp³-hybridized carbons (Fsp3) is 0.700. The van der Waals surface area contributed by atoms with Crippen molar-refractivity contribution in [3.63, 3.8) is 0 Å². The minimum Gasteiger partial charge on any atom is -0.324 e. The van der Waals surface area contributed by atoms with E-state index in [9.17, 15) is 0 Å². The summed E-state index contributed by atoms with van der Waals surface area (Å²) in [6.45, 7) is 6.79. The highest BCUT2D eigenvalue weighted by atomic mass is 14.6. The number of unbranched alkanes of at least 4 members (excludes halogenated alkanes) is 4. The molecule has 1 unspecified atom stereocenters. The maximum atomic E-state index is 6.51. The summed E-state index contributed by atoms with van der Waals surface area (Å²) in [7, 11) is 0. The average molecular weight is 290 g/mol. The lowest BCUT2D eigenvalue weighted by atomic mass is 9.89. The van der Waals surface area contributed by atoms with Gasteiger partial charge in [-0.2, -0.15) is 0 Å². The molecule has 1 nitrogen and oxygen atoms in total. The van der Waals surface area contributed by atoms with E-state index >= 15 is 0 Å². The minimum atomic E-state index is 0.227. The van der Waals surface area contributed by atoms with Gasteiger partial charge >= 0.3 is 0 Å². The van der Waals surface area contributed by atoms with Crippen LogP contribution < -0.4 is 5.73 Å². The van der Waals surface area contributed by atoms with Crippen molar-refractivity contribution in [2.45, 2.75) is 91.0 Å². The van der Waals surface area contributed by atoms with Crippen LogP contribution in [0.25, 0.3) is 0 Å². The van der Waals surface area contributed by atoms with E-state index in [0.29, 0.717) is 0 Å². The van der Waals surface area contributed by atoms with Gasteiger partial charge in [-0.15, -0.1) is 0 Å². The SMILES string of the molecule is CCCCCCCC(N)c1cccc(CCC)c1CCC. The Kier molecular flexibility index (Phi) is 9.41. The zero-order valence-electron chi connectivity index (χ0n) is 14.5. The molecule has 21 heavy (non-hydrogen) atoms. The first-order valence-corrected chi connectivity index (χ1v) is 9.10. The maximum absolute atomic E-state index is 6.51. The molecule has 1 heteroatoms. The summed E-state index contributed by atoms with van der Waals surface area (Å²) in [5.74, 6) is 0. The lowest BCUT2D eigenvalue weighted by Crippen LogP contribution is -2.14. The van der Waals surface area contributed by atoms with Crippen LogP contribution in [-0.2, 0) is 12.8 Å². The first-order chi connectivity index (χ1) is 10.2. The summed E-state index contributed by atoms with van der Waals surface area (Å²) in [4.78, 5) is 0. The van der Waals surface area contributed by atoms with Crippen molar-refractivity contribution in [2.24, 2.45) is 5.73 Å². The lowest BCUT2D eigenvalue weighted by molar-refractivity contribution is 0.552. The molecule has 0 heterocycles. The molecule has 0 aromatic heterocycles. The normalized spacial score (nSPS) is 12.6. The molecule has 1 aromatic carbocycles. The first kappa shape index (κ1) is 18.2. The van der Waals surface area contributed by atoms with E-state index in [1.54, 1.807) is 5.56 Å². The van der Waals surface area contributed by atoms with Gasteiger partial charge < -0.3 is 5.73 Å². The van der Waals surface area contributed by atoms with Gasteiger partial charge in [-0.25, -0.2) is 0 Å². The molecular formula is C20H35N. The molecule has 1 atom stereocenters. The van der Waals surface area contributed by atoms with Crippen LogP contribution in [0.4, 0.5) is 0 Å². The van der Waals surface area contributed by atoms with Gasteiger partial charge in [0.25, 0.3) is 0 Å². The lowest BCUT2D eigenvalue weighted by Gasteiger charge is -2.19. The average Bonchev–Trinajstić information content (AvgIpc) is 2.49. The molecule has 0 amide bonds. The Morgan fingerprint density at radius 3 is 2.24 bits per heavy atom. The molecule has 0 saturated carbocycles. The molecular weight excluding hydrogens is 254 g/mol. The van der Waals surface area contributed by atoms with Gasteiger partial charge in [-0.3, -0.25) is 0 Å². The number of nitrogens with two attached hydrogens (primary N) is 1. The van der Waals surface area contributed by atoms with Crippen LogP contribution in [0.3, 0.4) is 0 Å². The molecule has 120 valence electrons. The Morgan fingerprint density at radius 2 is 1.57 bits per heavy atom. The predicted molar refractivity (Wildman–Crippen MR) is 94.7 cm³/mol. The minimum absolute atomic E-state index is 0.227. The van der Waals surface area contributed by atoms with E-state index in [2.05, 4.69) is 39.0 Å². The van der Waals surface area contributed by atoms with Gasteiger partial charge in [0.1, 0.15) is 0 Å². The van der Waals surface area contributed by atoms with E-state index in [-0.39, 0.29) is 6.04 Å². The number of rotatable bonds is 11. The number of hydrogen-bond donors (Lipinski definition) is 1. The van der Waals surface area contributed by atoms with Crippen molar-refractivity contribution in [1.29, 1.82) is 0 Å². The topological polar surface area (TPSA) is 26.0 Å². The van der Waals surface area contributed by atoms with Gasteiger partial charge in [0.2, 0.25) is 0 Å². The summed E-state index contributed by atoms with van der Waals surface area (Å²) >= 11 is 0. The summed E-state index contributed by atoms with van der Waals surface area (Å²) in [6, 6.07) is 6.99. The van der Waals surface area contributed by atoms with Crippen LogP contribution in [0.1, 0.15) is 94.9 Å². The Bertz CT molecular complexity index is 383. The Balaban J connectivity index is 2.68. The van der Waals surface area contributed by atoms with Crippen molar-refractivity contribution in [2.75, 3.05) is 0 Å². The molecule has 0 spiro atoms. The maximum Gasteiger partial charge on any atom is 0.0297 e. The van der Waals surface area contributed by atoms with Gasteiger partial charge in [-0.1, -0.05) is 83.9 Å². The predicted octanol–water partition coefficient (Wildman–Crippen LogP) is 5.95. The van der Waals surface area contributed by atoms with Crippen LogP contribution in [0.15, 0.2) is 18.2 Å². The van der Waals surface area contributed by atoms with Crippen LogP contribution >= 0.6 is 0 Å².